The quantitative estimate of drug-likeness (QED) is 0.673. The van der Waals surface area contributed by atoms with Gasteiger partial charge in [-0.25, -0.2) is 8.42 Å². The van der Waals surface area contributed by atoms with E-state index >= 15 is 0 Å². The topological polar surface area (TPSA) is 116 Å². The van der Waals surface area contributed by atoms with Crippen molar-refractivity contribution < 1.29 is 27.5 Å². The van der Waals surface area contributed by atoms with Crippen LogP contribution in [0.25, 0.3) is 0 Å². The maximum Gasteiger partial charge on any atom is 0.260 e. The van der Waals surface area contributed by atoms with Crippen LogP contribution in [0.2, 0.25) is 5.02 Å². The van der Waals surface area contributed by atoms with Crippen LogP contribution in [0, 0.1) is 0 Å². The first-order chi connectivity index (χ1) is 12.2. The van der Waals surface area contributed by atoms with Crippen LogP contribution < -0.4 is 10.5 Å². The molecule has 2 rings (SSSR count). The molecule has 0 radical (unpaired) electrons. The van der Waals surface area contributed by atoms with Crippen LogP contribution >= 0.6 is 11.6 Å². The van der Waals surface area contributed by atoms with Gasteiger partial charge in [-0.15, -0.1) is 0 Å². The van der Waals surface area contributed by atoms with Crippen molar-refractivity contribution >= 4 is 33.3 Å². The minimum absolute atomic E-state index is 0.0539. The second-order valence-electron chi connectivity index (χ2n) is 5.93. The largest absolute Gasteiger partial charge is 0.483 e. The van der Waals surface area contributed by atoms with E-state index in [1.165, 1.54) is 30.2 Å². The van der Waals surface area contributed by atoms with Crippen LogP contribution in [0.1, 0.15) is 16.8 Å². The number of hydrogen-bond donors (Lipinski definition) is 1. The van der Waals surface area contributed by atoms with E-state index < -0.39 is 27.7 Å². The van der Waals surface area contributed by atoms with Crippen molar-refractivity contribution in [2.45, 2.75) is 12.5 Å². The maximum absolute atomic E-state index is 12.6. The Hall–Kier alpha value is -1.84. The van der Waals surface area contributed by atoms with Crippen LogP contribution in [-0.2, 0) is 19.4 Å². The van der Waals surface area contributed by atoms with Crippen molar-refractivity contribution in [1.29, 1.82) is 0 Å². The summed E-state index contributed by atoms with van der Waals surface area (Å²) in [6.45, 7) is 0.167. The summed E-state index contributed by atoms with van der Waals surface area (Å²) in [7, 11) is -1.64. The van der Waals surface area contributed by atoms with Crippen molar-refractivity contribution in [3.8, 4) is 5.75 Å². The molecule has 0 saturated carbocycles. The van der Waals surface area contributed by atoms with Gasteiger partial charge in [-0.05, 0) is 24.6 Å². The van der Waals surface area contributed by atoms with Gasteiger partial charge in [0.25, 0.3) is 11.8 Å². The Kier molecular flexibility index (Phi) is 6.85. The van der Waals surface area contributed by atoms with Gasteiger partial charge < -0.3 is 20.1 Å². The minimum atomic E-state index is -3.14. The van der Waals surface area contributed by atoms with E-state index in [1.807, 2.05) is 0 Å². The molecule has 1 aromatic rings. The second-order valence-corrected chi connectivity index (χ2v) is 8.60. The standard InChI is InChI=1S/C16H21ClN2O6S/c1-24-6-5-19(12-4-7-26(22,23)10-12)15(20)9-25-14-3-2-11(17)8-13(14)16(18)21/h2-3,8,12H,4-7,9-10H2,1H3,(H2,18,21)/t12-/m1/s1. The smallest absolute Gasteiger partial charge is 0.260 e. The molecule has 0 aliphatic carbocycles. The lowest BCUT2D eigenvalue weighted by Gasteiger charge is -2.28. The third-order valence-electron chi connectivity index (χ3n) is 4.06. The Morgan fingerprint density at radius 2 is 2.12 bits per heavy atom. The first-order valence-corrected chi connectivity index (χ1v) is 10.1. The number of carbonyl (C=O) groups is 2. The van der Waals surface area contributed by atoms with Crippen LogP contribution in [0.15, 0.2) is 18.2 Å². The number of sulfone groups is 1. The molecule has 26 heavy (non-hydrogen) atoms. The maximum atomic E-state index is 12.6. The van der Waals surface area contributed by atoms with Crippen molar-refractivity contribution in [2.24, 2.45) is 5.73 Å². The molecule has 1 aliphatic heterocycles. The summed E-state index contributed by atoms with van der Waals surface area (Å²) in [4.78, 5) is 25.5. The van der Waals surface area contributed by atoms with Gasteiger partial charge in [0.1, 0.15) is 5.75 Å². The lowest BCUT2D eigenvalue weighted by atomic mass is 10.2. The van der Waals surface area contributed by atoms with Crippen LogP contribution in [-0.4, -0.2) is 69.5 Å². The number of nitrogens with two attached hydrogens (primary N) is 1. The van der Waals surface area contributed by atoms with Crippen molar-refractivity contribution in [2.75, 3.05) is 38.4 Å². The zero-order chi connectivity index (χ0) is 19.3. The fraction of sp³-hybridized carbons (Fsp3) is 0.500. The molecule has 10 heteroatoms. The van der Waals surface area contributed by atoms with Gasteiger partial charge in [-0.2, -0.15) is 0 Å². The number of benzene rings is 1. The van der Waals surface area contributed by atoms with E-state index in [1.54, 1.807) is 0 Å². The summed E-state index contributed by atoms with van der Waals surface area (Å²) < 4.78 is 33.9. The third-order valence-corrected chi connectivity index (χ3v) is 6.05. The molecule has 1 aromatic carbocycles. The Labute approximate surface area is 157 Å². The van der Waals surface area contributed by atoms with Gasteiger partial charge in [0.05, 0.1) is 23.7 Å². The lowest BCUT2D eigenvalue weighted by Crippen LogP contribution is -2.45. The van der Waals surface area contributed by atoms with Crippen molar-refractivity contribution in [3.63, 3.8) is 0 Å². The molecule has 1 saturated heterocycles. The van der Waals surface area contributed by atoms with Gasteiger partial charge >= 0.3 is 0 Å². The van der Waals surface area contributed by atoms with Crippen molar-refractivity contribution in [1.82, 2.24) is 4.90 Å². The molecule has 8 nitrogen and oxygen atoms in total. The molecule has 1 atom stereocenters. The zero-order valence-electron chi connectivity index (χ0n) is 14.3. The number of primary amides is 1. The average molecular weight is 405 g/mol. The van der Waals surface area contributed by atoms with E-state index in [0.29, 0.717) is 11.4 Å². The predicted molar refractivity (Wildman–Crippen MR) is 96.1 cm³/mol. The lowest BCUT2D eigenvalue weighted by molar-refractivity contribution is -0.136. The highest BCUT2D eigenvalue weighted by Gasteiger charge is 2.34. The van der Waals surface area contributed by atoms with Gasteiger partial charge in [-0.1, -0.05) is 11.6 Å². The highest BCUT2D eigenvalue weighted by Crippen LogP contribution is 2.23. The predicted octanol–water partition coefficient (Wildman–Crippen LogP) is 0.480. The third kappa shape index (κ3) is 5.33. The molecule has 1 fully saturated rings. The molecule has 0 spiro atoms. The molecule has 2 N–H and O–H groups in total. The van der Waals surface area contributed by atoms with Crippen LogP contribution in [0.4, 0.5) is 0 Å². The fourth-order valence-electron chi connectivity index (χ4n) is 2.76. The summed E-state index contributed by atoms with van der Waals surface area (Å²) in [6, 6.07) is 3.91. The molecule has 0 unspecified atom stereocenters. The van der Waals surface area contributed by atoms with Crippen LogP contribution in [0.5, 0.6) is 5.75 Å². The fourth-order valence-corrected chi connectivity index (χ4v) is 4.67. The molecule has 0 aromatic heterocycles. The van der Waals surface area contributed by atoms with E-state index in [0.717, 1.165) is 0 Å². The van der Waals surface area contributed by atoms with E-state index in [2.05, 4.69) is 0 Å². The number of rotatable bonds is 8. The number of methoxy groups -OCH3 is 1. The summed E-state index contributed by atoms with van der Waals surface area (Å²) in [5.74, 6) is -1.00. The van der Waals surface area contributed by atoms with Crippen molar-refractivity contribution in [3.05, 3.63) is 28.8 Å². The Balaban J connectivity index is 2.09. The highest BCUT2D eigenvalue weighted by molar-refractivity contribution is 7.91. The number of halogens is 1. The average Bonchev–Trinajstić information content (AvgIpc) is 2.93. The molecule has 0 bridgehead atoms. The van der Waals surface area contributed by atoms with E-state index in [9.17, 15) is 18.0 Å². The molecule has 144 valence electrons. The Morgan fingerprint density at radius 1 is 1.38 bits per heavy atom. The summed E-state index contributed by atoms with van der Waals surface area (Å²) in [6.07, 6.45) is 0.380. The van der Waals surface area contributed by atoms with Crippen LogP contribution in [0.3, 0.4) is 0 Å². The monoisotopic (exact) mass is 404 g/mol. The summed E-state index contributed by atoms with van der Waals surface area (Å²) in [5, 5.41) is 0.315. The highest BCUT2D eigenvalue weighted by atomic mass is 35.5. The number of nitrogens with zero attached hydrogens (tertiary/aromatic N) is 1. The molecular formula is C16H21ClN2O6S. The summed E-state index contributed by atoms with van der Waals surface area (Å²) >= 11 is 5.83. The van der Waals surface area contributed by atoms with Gasteiger partial charge in [0.2, 0.25) is 0 Å². The van der Waals surface area contributed by atoms with E-state index in [4.69, 9.17) is 26.8 Å². The molecule has 2 amide bonds. The van der Waals surface area contributed by atoms with Gasteiger partial charge in [0, 0.05) is 24.7 Å². The van der Waals surface area contributed by atoms with E-state index in [-0.39, 0.29) is 42.6 Å². The number of hydrogen-bond acceptors (Lipinski definition) is 6. The van der Waals surface area contributed by atoms with Gasteiger partial charge in [0.15, 0.2) is 16.4 Å². The first-order valence-electron chi connectivity index (χ1n) is 7.94. The minimum Gasteiger partial charge on any atom is -0.483 e. The Morgan fingerprint density at radius 3 is 2.69 bits per heavy atom. The number of carbonyl (C=O) groups excluding carboxylic acids is 2. The Bertz CT molecular complexity index is 783. The number of ether oxygens (including phenoxy) is 2. The summed E-state index contributed by atoms with van der Waals surface area (Å²) in [5.41, 5.74) is 5.36. The molecule has 1 aliphatic rings. The van der Waals surface area contributed by atoms with Gasteiger partial charge in [-0.3, -0.25) is 9.59 Å². The second kappa shape index (κ2) is 8.70. The zero-order valence-corrected chi connectivity index (χ0v) is 15.9. The first kappa shape index (κ1) is 20.5. The normalized spacial score (nSPS) is 18.5. The number of amides is 2. The SMILES string of the molecule is COCCN(C(=O)COc1ccc(Cl)cc1C(N)=O)[C@@H]1CCS(=O)(=O)C1. The molecule has 1 heterocycles. The molecular weight excluding hydrogens is 384 g/mol.